The molecule has 0 N–H and O–H groups in total. The number of methoxy groups -OCH3 is 1. The molecule has 0 aliphatic rings. The number of aryl methyl sites for hydroxylation is 1. The highest BCUT2D eigenvalue weighted by Gasteiger charge is 2.24. The Hall–Kier alpha value is -2.37. The van der Waals surface area contributed by atoms with E-state index in [1.807, 2.05) is 25.1 Å². The molecule has 0 saturated carbocycles. The molecule has 1 unspecified atom stereocenters. The first-order chi connectivity index (χ1) is 10.1. The second-order valence-electron chi connectivity index (χ2n) is 4.63. The molecule has 1 atom stereocenters. The van der Waals surface area contributed by atoms with Gasteiger partial charge < -0.3 is 14.0 Å². The minimum Gasteiger partial charge on any atom is -0.496 e. The third-order valence-electron chi connectivity index (χ3n) is 3.05. The summed E-state index contributed by atoms with van der Waals surface area (Å²) in [7, 11) is 1.58. The first kappa shape index (κ1) is 15.0. The molecule has 0 saturated heterocycles. The highest BCUT2D eigenvalue weighted by molar-refractivity contribution is 5.76. The van der Waals surface area contributed by atoms with Gasteiger partial charge in [-0.3, -0.25) is 4.79 Å². The predicted octanol–water partition coefficient (Wildman–Crippen LogP) is 2.72. The van der Waals surface area contributed by atoms with Crippen molar-refractivity contribution in [3.05, 3.63) is 29.7 Å². The van der Waals surface area contributed by atoms with Crippen molar-refractivity contribution in [1.29, 1.82) is 0 Å². The smallest absolute Gasteiger partial charge is 0.318 e. The fourth-order valence-electron chi connectivity index (χ4n) is 1.87. The van der Waals surface area contributed by atoms with Gasteiger partial charge in [-0.15, -0.1) is 0 Å². The largest absolute Gasteiger partial charge is 0.496 e. The minimum atomic E-state index is -0.595. The molecule has 0 spiro atoms. The van der Waals surface area contributed by atoms with Crippen molar-refractivity contribution in [2.24, 2.45) is 0 Å². The van der Waals surface area contributed by atoms with Gasteiger partial charge in [-0.05, 0) is 38.5 Å². The van der Waals surface area contributed by atoms with Crippen LogP contribution in [0.2, 0.25) is 0 Å². The van der Waals surface area contributed by atoms with Crippen LogP contribution in [0.5, 0.6) is 5.75 Å². The van der Waals surface area contributed by atoms with Crippen LogP contribution in [0, 0.1) is 6.92 Å². The van der Waals surface area contributed by atoms with Crippen molar-refractivity contribution < 1.29 is 18.8 Å². The molecule has 0 fully saturated rings. The fraction of sp³-hybridized carbons (Fsp3) is 0.400. The summed E-state index contributed by atoms with van der Waals surface area (Å²) in [5.41, 5.74) is 1.79. The Kier molecular flexibility index (Phi) is 4.57. The number of carbonyl (C=O) groups is 1. The second kappa shape index (κ2) is 6.39. The van der Waals surface area contributed by atoms with Gasteiger partial charge in [0, 0.05) is 0 Å². The lowest BCUT2D eigenvalue weighted by atomic mass is 10.1. The van der Waals surface area contributed by atoms with E-state index in [0.717, 1.165) is 5.56 Å². The molecule has 0 radical (unpaired) electrons. The maximum absolute atomic E-state index is 11.7. The normalized spacial score (nSPS) is 12.0. The van der Waals surface area contributed by atoms with Gasteiger partial charge in [0.15, 0.2) is 0 Å². The quantitative estimate of drug-likeness (QED) is 0.788. The van der Waals surface area contributed by atoms with E-state index >= 15 is 0 Å². The van der Waals surface area contributed by atoms with E-state index in [9.17, 15) is 4.79 Å². The van der Waals surface area contributed by atoms with Crippen molar-refractivity contribution in [3.63, 3.8) is 0 Å². The van der Waals surface area contributed by atoms with E-state index in [0.29, 0.717) is 23.7 Å². The number of nitrogens with zero attached hydrogens (tertiary/aromatic N) is 2. The first-order valence-corrected chi connectivity index (χ1v) is 6.72. The maximum Gasteiger partial charge on any atom is 0.318 e. The third kappa shape index (κ3) is 3.21. The number of ether oxygens (including phenoxy) is 2. The molecule has 0 bridgehead atoms. The molecule has 0 aliphatic carbocycles. The zero-order chi connectivity index (χ0) is 15.4. The zero-order valence-electron chi connectivity index (χ0n) is 12.5. The Morgan fingerprint density at radius 3 is 2.86 bits per heavy atom. The molecule has 6 nitrogen and oxygen atoms in total. The molecule has 1 aromatic carbocycles. The van der Waals surface area contributed by atoms with E-state index in [4.69, 9.17) is 14.0 Å². The number of hydrogen-bond acceptors (Lipinski definition) is 6. The molecule has 21 heavy (non-hydrogen) atoms. The van der Waals surface area contributed by atoms with Crippen molar-refractivity contribution in [2.75, 3.05) is 13.7 Å². The van der Waals surface area contributed by atoms with Gasteiger partial charge in [-0.2, -0.15) is 4.98 Å². The van der Waals surface area contributed by atoms with E-state index < -0.39 is 5.92 Å². The number of aromatic nitrogens is 2. The molecule has 1 aromatic heterocycles. The molecular weight excluding hydrogens is 272 g/mol. The van der Waals surface area contributed by atoms with Crippen LogP contribution in [0.15, 0.2) is 22.7 Å². The third-order valence-corrected chi connectivity index (χ3v) is 3.05. The van der Waals surface area contributed by atoms with Crippen molar-refractivity contribution in [3.8, 4) is 17.1 Å². The molecule has 2 rings (SSSR count). The number of rotatable bonds is 5. The van der Waals surface area contributed by atoms with Crippen LogP contribution in [-0.4, -0.2) is 29.8 Å². The van der Waals surface area contributed by atoms with Crippen LogP contribution in [0.25, 0.3) is 11.4 Å². The summed E-state index contributed by atoms with van der Waals surface area (Å²) >= 11 is 0. The summed E-state index contributed by atoms with van der Waals surface area (Å²) < 4.78 is 15.4. The molecule has 1 heterocycles. The van der Waals surface area contributed by atoms with E-state index in [1.165, 1.54) is 0 Å². The van der Waals surface area contributed by atoms with E-state index in [-0.39, 0.29) is 11.9 Å². The number of carbonyl (C=O) groups excluding carboxylic acids is 1. The monoisotopic (exact) mass is 290 g/mol. The summed E-state index contributed by atoms with van der Waals surface area (Å²) in [6.45, 7) is 5.70. The molecule has 6 heteroatoms. The Morgan fingerprint density at radius 1 is 1.43 bits per heavy atom. The molecule has 2 aromatic rings. The first-order valence-electron chi connectivity index (χ1n) is 6.72. The van der Waals surface area contributed by atoms with Gasteiger partial charge in [0.05, 0.1) is 19.3 Å². The summed E-state index contributed by atoms with van der Waals surface area (Å²) in [6.07, 6.45) is 0. The average Bonchev–Trinajstić information content (AvgIpc) is 2.96. The molecule has 0 amide bonds. The molecular formula is C15H18N2O4. The lowest BCUT2D eigenvalue weighted by Gasteiger charge is -2.06. The van der Waals surface area contributed by atoms with Crippen LogP contribution >= 0.6 is 0 Å². The van der Waals surface area contributed by atoms with Crippen LogP contribution in [0.1, 0.15) is 31.2 Å². The van der Waals surface area contributed by atoms with Crippen LogP contribution in [0.4, 0.5) is 0 Å². The van der Waals surface area contributed by atoms with Crippen molar-refractivity contribution >= 4 is 5.97 Å². The molecule has 0 aliphatic heterocycles. The SMILES string of the molecule is CCOC(=O)C(C)c1nc(-c2ccc(C)cc2OC)no1. The Balaban J connectivity index is 2.30. The van der Waals surface area contributed by atoms with Gasteiger partial charge in [0.25, 0.3) is 0 Å². The lowest BCUT2D eigenvalue weighted by Crippen LogP contribution is -2.13. The Bertz CT molecular complexity index is 636. The van der Waals surface area contributed by atoms with Gasteiger partial charge in [-0.1, -0.05) is 11.2 Å². The summed E-state index contributed by atoms with van der Waals surface area (Å²) in [4.78, 5) is 15.9. The highest BCUT2D eigenvalue weighted by Crippen LogP contribution is 2.29. The fourth-order valence-corrected chi connectivity index (χ4v) is 1.87. The number of esters is 1. The van der Waals surface area contributed by atoms with Crippen LogP contribution in [-0.2, 0) is 9.53 Å². The van der Waals surface area contributed by atoms with Gasteiger partial charge in [0.1, 0.15) is 11.7 Å². The van der Waals surface area contributed by atoms with Gasteiger partial charge in [0.2, 0.25) is 11.7 Å². The highest BCUT2D eigenvalue weighted by atomic mass is 16.5. The maximum atomic E-state index is 11.7. The topological polar surface area (TPSA) is 74.5 Å². The van der Waals surface area contributed by atoms with Crippen molar-refractivity contribution in [2.45, 2.75) is 26.7 Å². The molecule has 112 valence electrons. The standard InChI is InChI=1S/C15H18N2O4/c1-5-20-15(18)10(3)14-16-13(17-21-14)11-7-6-9(2)8-12(11)19-4/h6-8,10H,5H2,1-4H3. The van der Waals surface area contributed by atoms with Crippen LogP contribution in [0.3, 0.4) is 0 Å². The van der Waals surface area contributed by atoms with E-state index in [1.54, 1.807) is 21.0 Å². The summed E-state index contributed by atoms with van der Waals surface area (Å²) in [5, 5.41) is 3.91. The average molecular weight is 290 g/mol. The van der Waals surface area contributed by atoms with Crippen molar-refractivity contribution in [1.82, 2.24) is 10.1 Å². The second-order valence-corrected chi connectivity index (χ2v) is 4.63. The summed E-state index contributed by atoms with van der Waals surface area (Å²) in [6, 6.07) is 5.68. The van der Waals surface area contributed by atoms with E-state index in [2.05, 4.69) is 10.1 Å². The Labute approximate surface area is 123 Å². The van der Waals surface area contributed by atoms with Crippen LogP contribution < -0.4 is 4.74 Å². The number of benzene rings is 1. The zero-order valence-corrected chi connectivity index (χ0v) is 12.5. The summed E-state index contributed by atoms with van der Waals surface area (Å²) in [5.74, 6) is 0.293. The van der Waals surface area contributed by atoms with Gasteiger partial charge in [-0.25, -0.2) is 0 Å². The number of hydrogen-bond donors (Lipinski definition) is 0. The predicted molar refractivity (Wildman–Crippen MR) is 76.1 cm³/mol. The lowest BCUT2D eigenvalue weighted by molar-refractivity contribution is -0.145. The van der Waals surface area contributed by atoms with Gasteiger partial charge >= 0.3 is 5.97 Å². The minimum absolute atomic E-state index is 0.228. The Morgan fingerprint density at radius 2 is 2.19 bits per heavy atom.